The van der Waals surface area contributed by atoms with E-state index in [-0.39, 0.29) is 18.5 Å². The van der Waals surface area contributed by atoms with Crippen LogP contribution in [0.2, 0.25) is 0 Å². The Labute approximate surface area is 98.9 Å². The summed E-state index contributed by atoms with van der Waals surface area (Å²) < 4.78 is 12.8. The Hall–Kier alpha value is -1.94. The Morgan fingerprint density at radius 3 is 2.53 bits per heavy atom. The molecule has 4 heteroatoms. The van der Waals surface area contributed by atoms with Crippen molar-refractivity contribution >= 4 is 5.82 Å². The molecule has 0 amide bonds. The molecule has 2 rings (SSSR count). The molecule has 0 aliphatic heterocycles. The van der Waals surface area contributed by atoms with Crippen molar-refractivity contribution in [2.45, 2.75) is 6.04 Å². The summed E-state index contributed by atoms with van der Waals surface area (Å²) in [5, 5.41) is 12.4. The van der Waals surface area contributed by atoms with Gasteiger partial charge in [-0.25, -0.2) is 9.37 Å². The number of aromatic nitrogens is 1. The minimum Gasteiger partial charge on any atom is -0.394 e. The van der Waals surface area contributed by atoms with Crippen molar-refractivity contribution in [3.05, 3.63) is 60.0 Å². The van der Waals surface area contributed by atoms with Gasteiger partial charge in [0.25, 0.3) is 0 Å². The van der Waals surface area contributed by atoms with Crippen LogP contribution in [0.15, 0.2) is 48.7 Å². The molecule has 1 aromatic heterocycles. The van der Waals surface area contributed by atoms with Gasteiger partial charge in [-0.05, 0) is 29.8 Å². The molecule has 0 fully saturated rings. The molecule has 88 valence electrons. The highest BCUT2D eigenvalue weighted by Crippen LogP contribution is 2.17. The zero-order chi connectivity index (χ0) is 12.1. The molecule has 17 heavy (non-hydrogen) atoms. The van der Waals surface area contributed by atoms with Crippen molar-refractivity contribution in [3.63, 3.8) is 0 Å². The average molecular weight is 232 g/mol. The van der Waals surface area contributed by atoms with Crippen molar-refractivity contribution in [2.24, 2.45) is 0 Å². The largest absolute Gasteiger partial charge is 0.394 e. The number of halogens is 1. The van der Waals surface area contributed by atoms with E-state index in [1.807, 2.05) is 18.2 Å². The third-order valence-corrected chi connectivity index (χ3v) is 2.44. The lowest BCUT2D eigenvalue weighted by molar-refractivity contribution is 0.276. The van der Waals surface area contributed by atoms with E-state index in [2.05, 4.69) is 10.3 Å². The number of aliphatic hydroxyl groups is 1. The number of nitrogens with one attached hydrogen (secondary N) is 1. The van der Waals surface area contributed by atoms with Crippen LogP contribution >= 0.6 is 0 Å². The van der Waals surface area contributed by atoms with E-state index in [4.69, 9.17) is 0 Å². The van der Waals surface area contributed by atoms with Gasteiger partial charge in [-0.3, -0.25) is 0 Å². The molecule has 3 nitrogen and oxygen atoms in total. The first-order chi connectivity index (χ1) is 8.29. The van der Waals surface area contributed by atoms with Gasteiger partial charge < -0.3 is 10.4 Å². The molecule has 1 unspecified atom stereocenters. The highest BCUT2D eigenvalue weighted by Gasteiger charge is 2.10. The number of hydrogen-bond acceptors (Lipinski definition) is 3. The Morgan fingerprint density at radius 2 is 1.94 bits per heavy atom. The van der Waals surface area contributed by atoms with Crippen molar-refractivity contribution in [2.75, 3.05) is 11.9 Å². The molecule has 2 N–H and O–H groups in total. The van der Waals surface area contributed by atoms with Crippen LogP contribution < -0.4 is 5.32 Å². The van der Waals surface area contributed by atoms with Gasteiger partial charge in [0.2, 0.25) is 0 Å². The third kappa shape index (κ3) is 3.01. The second-order valence-corrected chi connectivity index (χ2v) is 3.65. The molecule has 0 aliphatic carbocycles. The Kier molecular flexibility index (Phi) is 3.67. The number of pyridine rings is 1. The standard InChI is InChI=1S/C13H13FN2O/c14-11-6-4-10(5-7-11)12(9-17)16-13-3-1-2-8-15-13/h1-8,12,17H,9H2,(H,15,16). The summed E-state index contributed by atoms with van der Waals surface area (Å²) >= 11 is 0. The quantitative estimate of drug-likeness (QED) is 0.850. The summed E-state index contributed by atoms with van der Waals surface area (Å²) in [5.41, 5.74) is 0.819. The van der Waals surface area contributed by atoms with E-state index in [0.717, 1.165) is 5.56 Å². The second kappa shape index (κ2) is 5.41. The molecule has 1 heterocycles. The summed E-state index contributed by atoms with van der Waals surface area (Å²) in [6.07, 6.45) is 1.67. The van der Waals surface area contributed by atoms with Crippen molar-refractivity contribution in [1.82, 2.24) is 4.98 Å². The molecule has 0 saturated carbocycles. The van der Waals surface area contributed by atoms with Gasteiger partial charge >= 0.3 is 0 Å². The maximum Gasteiger partial charge on any atom is 0.126 e. The molecule has 2 aromatic rings. The van der Waals surface area contributed by atoms with E-state index in [1.54, 1.807) is 18.3 Å². The van der Waals surface area contributed by atoms with Gasteiger partial charge in [0.15, 0.2) is 0 Å². The normalized spacial score (nSPS) is 12.1. The summed E-state index contributed by atoms with van der Waals surface area (Å²) in [7, 11) is 0. The Morgan fingerprint density at radius 1 is 1.18 bits per heavy atom. The minimum atomic E-state index is -0.289. The zero-order valence-corrected chi connectivity index (χ0v) is 9.18. The first kappa shape index (κ1) is 11.5. The van der Waals surface area contributed by atoms with Crippen LogP contribution in [0.4, 0.5) is 10.2 Å². The van der Waals surface area contributed by atoms with Gasteiger partial charge in [-0.15, -0.1) is 0 Å². The van der Waals surface area contributed by atoms with Gasteiger partial charge in [0.05, 0.1) is 12.6 Å². The second-order valence-electron chi connectivity index (χ2n) is 3.65. The van der Waals surface area contributed by atoms with E-state index in [0.29, 0.717) is 5.82 Å². The molecule has 0 spiro atoms. The maximum atomic E-state index is 12.8. The van der Waals surface area contributed by atoms with Crippen molar-refractivity contribution in [1.29, 1.82) is 0 Å². The number of benzene rings is 1. The minimum absolute atomic E-state index is 0.0811. The lowest BCUT2D eigenvalue weighted by Gasteiger charge is -2.17. The highest BCUT2D eigenvalue weighted by atomic mass is 19.1. The molecule has 0 saturated heterocycles. The molecule has 0 bridgehead atoms. The average Bonchev–Trinajstić information content (AvgIpc) is 2.38. The number of aliphatic hydroxyl groups excluding tert-OH is 1. The maximum absolute atomic E-state index is 12.8. The Balaban J connectivity index is 2.14. The lowest BCUT2D eigenvalue weighted by Crippen LogP contribution is -2.15. The monoisotopic (exact) mass is 232 g/mol. The van der Waals surface area contributed by atoms with Crippen LogP contribution in [0.1, 0.15) is 11.6 Å². The van der Waals surface area contributed by atoms with Crippen LogP contribution in [0.5, 0.6) is 0 Å². The number of nitrogens with zero attached hydrogens (tertiary/aromatic N) is 1. The van der Waals surface area contributed by atoms with Gasteiger partial charge in [-0.1, -0.05) is 18.2 Å². The van der Waals surface area contributed by atoms with Gasteiger partial charge in [0, 0.05) is 6.20 Å². The van der Waals surface area contributed by atoms with E-state index < -0.39 is 0 Å². The predicted molar refractivity (Wildman–Crippen MR) is 64.1 cm³/mol. The highest BCUT2D eigenvalue weighted by molar-refractivity contribution is 5.37. The van der Waals surface area contributed by atoms with Crippen LogP contribution in [-0.4, -0.2) is 16.7 Å². The first-order valence-corrected chi connectivity index (χ1v) is 5.33. The van der Waals surface area contributed by atoms with Crippen molar-refractivity contribution < 1.29 is 9.50 Å². The zero-order valence-electron chi connectivity index (χ0n) is 9.18. The number of hydrogen-bond donors (Lipinski definition) is 2. The lowest BCUT2D eigenvalue weighted by atomic mass is 10.1. The smallest absolute Gasteiger partial charge is 0.126 e. The van der Waals surface area contributed by atoms with E-state index in [1.165, 1.54) is 12.1 Å². The fraction of sp³-hybridized carbons (Fsp3) is 0.154. The predicted octanol–water partition coefficient (Wildman–Crippen LogP) is 2.37. The molecule has 1 atom stereocenters. The van der Waals surface area contributed by atoms with Crippen LogP contribution in [0.25, 0.3) is 0 Å². The van der Waals surface area contributed by atoms with E-state index in [9.17, 15) is 9.50 Å². The van der Waals surface area contributed by atoms with Crippen LogP contribution in [0.3, 0.4) is 0 Å². The van der Waals surface area contributed by atoms with Gasteiger partial charge in [-0.2, -0.15) is 0 Å². The molecular formula is C13H13FN2O. The SMILES string of the molecule is OCC(Nc1ccccn1)c1ccc(F)cc1. The molecule has 0 radical (unpaired) electrons. The summed E-state index contributed by atoms with van der Waals surface area (Å²) in [5.74, 6) is 0.388. The topological polar surface area (TPSA) is 45.1 Å². The van der Waals surface area contributed by atoms with Crippen LogP contribution in [0, 0.1) is 5.82 Å². The summed E-state index contributed by atoms with van der Waals surface area (Å²) in [6.45, 7) is -0.0811. The van der Waals surface area contributed by atoms with Gasteiger partial charge in [0.1, 0.15) is 11.6 Å². The van der Waals surface area contributed by atoms with Crippen molar-refractivity contribution in [3.8, 4) is 0 Å². The third-order valence-electron chi connectivity index (χ3n) is 2.44. The fourth-order valence-corrected chi connectivity index (χ4v) is 1.56. The molecular weight excluding hydrogens is 219 g/mol. The number of anilines is 1. The Bertz CT molecular complexity index is 459. The first-order valence-electron chi connectivity index (χ1n) is 5.33. The molecule has 0 aliphatic rings. The molecule has 1 aromatic carbocycles. The van der Waals surface area contributed by atoms with Crippen LogP contribution in [-0.2, 0) is 0 Å². The number of rotatable bonds is 4. The summed E-state index contributed by atoms with van der Waals surface area (Å²) in [6, 6.07) is 11.2. The van der Waals surface area contributed by atoms with E-state index >= 15 is 0 Å². The fourth-order valence-electron chi connectivity index (χ4n) is 1.56. The summed E-state index contributed by atoms with van der Waals surface area (Å²) in [4.78, 5) is 4.11.